The van der Waals surface area contributed by atoms with Crippen molar-refractivity contribution in [3.05, 3.63) is 12.4 Å². The van der Waals surface area contributed by atoms with E-state index in [4.69, 9.17) is 11.2 Å². The van der Waals surface area contributed by atoms with Crippen LogP contribution in [0.1, 0.15) is 70.9 Å². The zero-order valence-electron chi connectivity index (χ0n) is 18.3. The van der Waals surface area contributed by atoms with Gasteiger partial charge in [-0.05, 0) is 6.42 Å². The first-order valence-electron chi connectivity index (χ1n) is 11.1. The van der Waals surface area contributed by atoms with Crippen molar-refractivity contribution in [1.82, 2.24) is 19.5 Å². The third-order valence-electron chi connectivity index (χ3n) is 5.76. The topological polar surface area (TPSA) is 122 Å². The standard InChI is InChI=1S/C22H30FN5O4/c1-3-5-6-7-8-9-10-11-16(31)25-19-18-20(27-21(23)26-19)28(14-24-18)17-12-15(30)22(4-2,13-29)32-17/h2,14-15,17,29-30H,3,5-13H2,1H3,(H,25,26,27,31)/t15-,17+,22+/m0/s1. The molecule has 1 amide bonds. The lowest BCUT2D eigenvalue weighted by Crippen LogP contribution is -2.41. The van der Waals surface area contributed by atoms with Crippen molar-refractivity contribution < 1.29 is 24.1 Å². The van der Waals surface area contributed by atoms with Crippen molar-refractivity contribution in [2.75, 3.05) is 11.9 Å². The molecule has 1 aliphatic heterocycles. The van der Waals surface area contributed by atoms with E-state index in [0.717, 1.165) is 19.3 Å². The monoisotopic (exact) mass is 447 g/mol. The Morgan fingerprint density at radius 1 is 1.34 bits per heavy atom. The summed E-state index contributed by atoms with van der Waals surface area (Å²) in [6.45, 7) is 1.60. The summed E-state index contributed by atoms with van der Waals surface area (Å²) in [5.74, 6) is 1.99. The number of hydrogen-bond donors (Lipinski definition) is 3. The fourth-order valence-electron chi connectivity index (χ4n) is 3.86. The van der Waals surface area contributed by atoms with Gasteiger partial charge in [-0.1, -0.05) is 51.4 Å². The molecular weight excluding hydrogens is 417 g/mol. The lowest BCUT2D eigenvalue weighted by Gasteiger charge is -2.23. The number of anilines is 1. The number of carbonyl (C=O) groups is 1. The first-order valence-corrected chi connectivity index (χ1v) is 11.1. The van der Waals surface area contributed by atoms with Gasteiger partial charge >= 0.3 is 6.08 Å². The van der Waals surface area contributed by atoms with Crippen LogP contribution in [0.15, 0.2) is 6.33 Å². The molecule has 9 nitrogen and oxygen atoms in total. The molecule has 0 radical (unpaired) electrons. The number of rotatable bonds is 11. The second-order valence-corrected chi connectivity index (χ2v) is 8.10. The summed E-state index contributed by atoms with van der Waals surface area (Å²) in [7, 11) is 0. The number of carbonyl (C=O) groups excluding carboxylic acids is 1. The van der Waals surface area contributed by atoms with Crippen LogP contribution in [0.25, 0.3) is 11.2 Å². The quantitative estimate of drug-likeness (QED) is 0.275. The van der Waals surface area contributed by atoms with Gasteiger partial charge in [0.25, 0.3) is 0 Å². The Labute approximate surface area is 186 Å². The summed E-state index contributed by atoms with van der Waals surface area (Å²) in [4.78, 5) is 24.0. The first kappa shape index (κ1) is 24.0. The Morgan fingerprint density at radius 2 is 2.06 bits per heavy atom. The summed E-state index contributed by atoms with van der Waals surface area (Å²) >= 11 is 0. The Bertz CT molecular complexity index is 975. The van der Waals surface area contributed by atoms with E-state index >= 15 is 0 Å². The minimum absolute atomic E-state index is 0.0249. The van der Waals surface area contributed by atoms with Gasteiger partial charge in [0.2, 0.25) is 5.91 Å². The van der Waals surface area contributed by atoms with Crippen LogP contribution in [-0.2, 0) is 9.53 Å². The van der Waals surface area contributed by atoms with E-state index < -0.39 is 30.6 Å². The SMILES string of the molecule is C#C[C@]1(CO)O[C@@H](n2cnc3c(NC(=O)CCCCCCCCC)nc(F)nc32)C[C@@H]1O. The number of nitrogens with zero attached hydrogens (tertiary/aromatic N) is 4. The summed E-state index contributed by atoms with van der Waals surface area (Å²) < 4.78 is 21.2. The minimum atomic E-state index is -1.56. The lowest BCUT2D eigenvalue weighted by atomic mass is 9.99. The van der Waals surface area contributed by atoms with Crippen molar-refractivity contribution in [3.63, 3.8) is 0 Å². The van der Waals surface area contributed by atoms with Crippen molar-refractivity contribution >= 4 is 22.9 Å². The molecule has 2 aromatic rings. The minimum Gasteiger partial charge on any atom is -0.392 e. The molecule has 1 saturated heterocycles. The summed E-state index contributed by atoms with van der Waals surface area (Å²) in [5, 5.41) is 22.4. The fourth-order valence-corrected chi connectivity index (χ4v) is 3.86. The molecule has 174 valence electrons. The number of halogens is 1. The number of unbranched alkanes of at least 4 members (excludes halogenated alkanes) is 6. The van der Waals surface area contributed by atoms with Crippen molar-refractivity contribution in [1.29, 1.82) is 0 Å². The van der Waals surface area contributed by atoms with Gasteiger partial charge in [0.15, 0.2) is 22.6 Å². The number of imidazole rings is 1. The van der Waals surface area contributed by atoms with E-state index in [9.17, 15) is 19.4 Å². The molecule has 10 heteroatoms. The predicted molar refractivity (Wildman–Crippen MR) is 116 cm³/mol. The van der Waals surface area contributed by atoms with Crippen LogP contribution in [0.4, 0.5) is 10.2 Å². The van der Waals surface area contributed by atoms with E-state index in [-0.39, 0.29) is 29.3 Å². The average molecular weight is 448 g/mol. The molecule has 0 aromatic carbocycles. The third-order valence-corrected chi connectivity index (χ3v) is 5.76. The second kappa shape index (κ2) is 10.8. The normalized spacial score (nSPS) is 22.8. The number of aliphatic hydroxyl groups is 2. The third kappa shape index (κ3) is 5.23. The Balaban J connectivity index is 1.67. The molecule has 1 fully saturated rings. The van der Waals surface area contributed by atoms with Gasteiger partial charge in [-0.3, -0.25) is 9.36 Å². The molecule has 0 bridgehead atoms. The van der Waals surface area contributed by atoms with E-state index in [1.54, 1.807) is 0 Å². The lowest BCUT2D eigenvalue weighted by molar-refractivity contribution is -0.116. The summed E-state index contributed by atoms with van der Waals surface area (Å²) in [6.07, 6.45) is 11.8. The highest BCUT2D eigenvalue weighted by Crippen LogP contribution is 2.37. The van der Waals surface area contributed by atoms with Crippen LogP contribution >= 0.6 is 0 Å². The number of terminal acetylenes is 1. The molecular formula is C22H30FN5O4. The largest absolute Gasteiger partial charge is 0.392 e. The number of aromatic nitrogens is 4. The maximum atomic E-state index is 14.1. The van der Waals surface area contributed by atoms with Crippen LogP contribution in [0.5, 0.6) is 0 Å². The number of amides is 1. The van der Waals surface area contributed by atoms with Crippen molar-refractivity contribution in [2.24, 2.45) is 0 Å². The Hall–Kier alpha value is -2.61. The molecule has 0 spiro atoms. The average Bonchev–Trinajstić information content (AvgIpc) is 3.34. The van der Waals surface area contributed by atoms with Crippen molar-refractivity contribution in [3.8, 4) is 12.3 Å². The van der Waals surface area contributed by atoms with Crippen molar-refractivity contribution in [2.45, 2.75) is 82.6 Å². The summed E-state index contributed by atoms with van der Waals surface area (Å²) in [5.41, 5.74) is -1.27. The van der Waals surface area contributed by atoms with Gasteiger partial charge in [-0.15, -0.1) is 6.42 Å². The highest BCUT2D eigenvalue weighted by atomic mass is 19.1. The molecule has 0 saturated carbocycles. The van der Waals surface area contributed by atoms with Crippen LogP contribution < -0.4 is 5.32 Å². The zero-order chi connectivity index (χ0) is 23.1. The van der Waals surface area contributed by atoms with Gasteiger partial charge in [-0.25, -0.2) is 4.98 Å². The smallest absolute Gasteiger partial charge is 0.312 e. The van der Waals surface area contributed by atoms with Gasteiger partial charge in [-0.2, -0.15) is 14.4 Å². The maximum Gasteiger partial charge on any atom is 0.312 e. The number of fused-ring (bicyclic) bond motifs is 1. The molecule has 2 aromatic heterocycles. The highest BCUT2D eigenvalue weighted by molar-refractivity contribution is 5.96. The van der Waals surface area contributed by atoms with Crippen LogP contribution in [0.3, 0.4) is 0 Å². The number of aliphatic hydroxyl groups excluding tert-OH is 2. The molecule has 0 unspecified atom stereocenters. The van der Waals surface area contributed by atoms with Crippen LogP contribution in [0.2, 0.25) is 0 Å². The van der Waals surface area contributed by atoms with E-state index in [0.29, 0.717) is 6.42 Å². The zero-order valence-corrected chi connectivity index (χ0v) is 18.3. The molecule has 3 N–H and O–H groups in total. The predicted octanol–water partition coefficient (Wildman–Crippen LogP) is 2.69. The van der Waals surface area contributed by atoms with Crippen LogP contribution in [-0.4, -0.2) is 54.0 Å². The van der Waals surface area contributed by atoms with Gasteiger partial charge in [0.1, 0.15) is 12.3 Å². The maximum absolute atomic E-state index is 14.1. The molecule has 1 aliphatic rings. The molecule has 3 heterocycles. The number of nitrogens with one attached hydrogen (secondary N) is 1. The molecule has 0 aliphatic carbocycles. The van der Waals surface area contributed by atoms with Gasteiger partial charge in [0.05, 0.1) is 12.9 Å². The number of hydrogen-bond acceptors (Lipinski definition) is 7. The number of ether oxygens (including phenoxy) is 1. The Morgan fingerprint density at radius 3 is 2.72 bits per heavy atom. The fraction of sp³-hybridized carbons (Fsp3) is 0.636. The first-order chi connectivity index (χ1) is 15.4. The Kier molecular flexibility index (Phi) is 8.12. The van der Waals surface area contributed by atoms with E-state index in [1.807, 2.05) is 0 Å². The molecule has 3 rings (SSSR count). The van der Waals surface area contributed by atoms with Gasteiger partial charge in [0, 0.05) is 12.8 Å². The molecule has 3 atom stereocenters. The summed E-state index contributed by atoms with van der Waals surface area (Å²) in [6, 6.07) is 0. The van der Waals surface area contributed by atoms with E-state index in [2.05, 4.69) is 33.1 Å². The van der Waals surface area contributed by atoms with Gasteiger partial charge < -0.3 is 20.3 Å². The van der Waals surface area contributed by atoms with E-state index in [1.165, 1.54) is 36.6 Å². The highest BCUT2D eigenvalue weighted by Gasteiger charge is 2.47. The molecule has 32 heavy (non-hydrogen) atoms. The second-order valence-electron chi connectivity index (χ2n) is 8.10. The van der Waals surface area contributed by atoms with Crippen LogP contribution in [0, 0.1) is 18.4 Å².